The van der Waals surface area contributed by atoms with Crippen molar-refractivity contribution < 1.29 is 18.3 Å². The molecule has 11 heavy (non-hydrogen) atoms. The molecule has 0 saturated heterocycles. The average Bonchev–Trinajstić information content (AvgIpc) is 1.95. The average molecular weight is 306 g/mol. The van der Waals surface area contributed by atoms with E-state index in [-0.39, 0.29) is 17.0 Å². The van der Waals surface area contributed by atoms with Crippen molar-refractivity contribution in [1.82, 2.24) is 0 Å². The third-order valence-corrected chi connectivity index (χ3v) is 3.22. The molecule has 0 unspecified atom stereocenters. The van der Waals surface area contributed by atoms with Gasteiger partial charge >= 0.3 is 80.3 Å². The van der Waals surface area contributed by atoms with Crippen molar-refractivity contribution in [2.45, 2.75) is 5.02 Å². The van der Waals surface area contributed by atoms with Gasteiger partial charge in [0, 0.05) is 0 Å². The Hall–Kier alpha value is 0.903. The zero-order chi connectivity index (χ0) is 7.56. The molecule has 0 radical (unpaired) electrons. The van der Waals surface area contributed by atoms with E-state index in [9.17, 15) is 0 Å². The molecule has 0 spiro atoms. The maximum absolute atomic E-state index is 5.77. The van der Waals surface area contributed by atoms with E-state index < -0.39 is 0 Å². The van der Waals surface area contributed by atoms with Crippen LogP contribution in [0.5, 0.6) is 0 Å². The molecule has 0 atom stereocenters. The quantitative estimate of drug-likeness (QED) is 0.695. The van der Waals surface area contributed by atoms with Gasteiger partial charge in [0.1, 0.15) is 0 Å². The van der Waals surface area contributed by atoms with Crippen LogP contribution in [0.4, 0.5) is 0 Å². The van der Waals surface area contributed by atoms with Gasteiger partial charge in [-0.05, 0) is 0 Å². The van der Waals surface area contributed by atoms with Crippen LogP contribution in [-0.4, -0.2) is 0 Å². The summed E-state index contributed by atoms with van der Waals surface area (Å²) in [6.45, 7) is 0. The molecule has 0 nitrogen and oxygen atoms in total. The van der Waals surface area contributed by atoms with Gasteiger partial charge < -0.3 is 0 Å². The molecular weight excluding hydrogens is 300 g/mol. The molecule has 0 aromatic heterocycles. The second-order valence-corrected chi connectivity index (χ2v) is 3.86. The standard InChI is InChI=1S/C7H5Cl2.BrH.Zn/c1-5-2-3-6(8)7(9)4-5;;/h2-4H,1H2;1H;. The number of hydrogen-bond acceptors (Lipinski definition) is 0. The van der Waals surface area contributed by atoms with Gasteiger partial charge in [0.25, 0.3) is 0 Å². The topological polar surface area (TPSA) is 0 Å². The zero-order valence-electron chi connectivity index (χ0n) is 5.81. The van der Waals surface area contributed by atoms with E-state index in [0.717, 1.165) is 5.02 Å². The Morgan fingerprint density at radius 1 is 1.18 bits per heavy atom. The first kappa shape index (κ1) is 11.9. The Bertz CT molecular complexity index is 240. The summed E-state index contributed by atoms with van der Waals surface area (Å²) in [7, 11) is 0. The maximum atomic E-state index is 5.77. The van der Waals surface area contributed by atoms with Crippen LogP contribution in [-0.2, 0) is 23.3 Å². The summed E-state index contributed by atoms with van der Waals surface area (Å²) in [4.78, 5) is 0. The molecule has 0 aliphatic heterocycles. The van der Waals surface area contributed by atoms with Gasteiger partial charge in [-0.1, -0.05) is 0 Å². The minimum atomic E-state index is 0. The molecule has 0 aliphatic carbocycles. The molecule has 0 amide bonds. The Labute approximate surface area is 96.7 Å². The van der Waals surface area contributed by atoms with Crippen molar-refractivity contribution in [1.29, 1.82) is 0 Å². The van der Waals surface area contributed by atoms with Crippen LogP contribution in [0, 0.1) is 0 Å². The first-order chi connectivity index (χ1) is 4.74. The zero-order valence-corrected chi connectivity index (χ0v) is 12.0. The predicted molar refractivity (Wildman–Crippen MR) is 50.5 cm³/mol. The number of hydrogen-bond donors (Lipinski definition) is 0. The Morgan fingerprint density at radius 3 is 2.27 bits per heavy atom. The van der Waals surface area contributed by atoms with E-state index in [2.05, 4.69) is 0 Å². The van der Waals surface area contributed by atoms with Crippen LogP contribution in [0.15, 0.2) is 18.2 Å². The van der Waals surface area contributed by atoms with Crippen LogP contribution in [0.25, 0.3) is 0 Å². The van der Waals surface area contributed by atoms with Crippen molar-refractivity contribution >= 4 is 40.2 Å². The molecule has 0 saturated carbocycles. The monoisotopic (exact) mass is 303 g/mol. The number of rotatable bonds is 1. The Kier molecular flexibility index (Phi) is 5.99. The van der Waals surface area contributed by atoms with Crippen molar-refractivity contribution in [3.05, 3.63) is 33.8 Å². The molecule has 4 heteroatoms. The summed E-state index contributed by atoms with van der Waals surface area (Å²) in [5, 5.41) is 2.42. The molecule has 0 heterocycles. The third-order valence-electron chi connectivity index (χ3n) is 1.27. The summed E-state index contributed by atoms with van der Waals surface area (Å²) in [6.07, 6.45) is 0. The minimum absolute atomic E-state index is 0. The Balaban J connectivity index is 0.000001000. The number of halogens is 3. The third kappa shape index (κ3) is 3.42. The summed E-state index contributed by atoms with van der Waals surface area (Å²) in [5.41, 5.74) is 1.27. The van der Waals surface area contributed by atoms with Gasteiger partial charge in [-0.15, -0.1) is 17.0 Å². The molecule has 0 aliphatic rings. The van der Waals surface area contributed by atoms with E-state index in [4.69, 9.17) is 23.2 Å². The van der Waals surface area contributed by atoms with E-state index in [1.807, 2.05) is 18.2 Å². The van der Waals surface area contributed by atoms with Crippen LogP contribution in [0.2, 0.25) is 10.0 Å². The SMILES string of the molecule is Br.Clc1ccc([CH2][Zn])cc1Cl. The second-order valence-electron chi connectivity index (χ2n) is 2.00. The fraction of sp³-hybridized carbons (Fsp3) is 0.143. The van der Waals surface area contributed by atoms with Gasteiger partial charge in [0.05, 0.1) is 0 Å². The summed E-state index contributed by atoms with van der Waals surface area (Å²) in [6, 6.07) is 5.78. The van der Waals surface area contributed by atoms with Crippen molar-refractivity contribution in [3.63, 3.8) is 0 Å². The molecule has 1 rings (SSSR count). The summed E-state index contributed by atoms with van der Waals surface area (Å²) in [5.74, 6) is 0. The molecule has 57 valence electrons. The molecular formula is C7H6BrCl2Zn. The molecule has 0 bridgehead atoms. The summed E-state index contributed by atoms with van der Waals surface area (Å²) < 4.78 is 0. The van der Waals surface area contributed by atoms with E-state index in [0.29, 0.717) is 10.0 Å². The van der Waals surface area contributed by atoms with Gasteiger partial charge in [-0.2, -0.15) is 0 Å². The molecule has 0 N–H and O–H groups in total. The number of benzene rings is 1. The predicted octanol–water partition coefficient (Wildman–Crippen LogP) is 3.62. The Morgan fingerprint density at radius 2 is 1.82 bits per heavy atom. The molecule has 1 aromatic rings. The molecule has 0 fully saturated rings. The second kappa shape index (κ2) is 5.53. The van der Waals surface area contributed by atoms with Crippen LogP contribution in [0.1, 0.15) is 5.56 Å². The molecule has 1 aromatic carbocycles. The normalized spacial score (nSPS) is 9.09. The van der Waals surface area contributed by atoms with Gasteiger partial charge in [-0.25, -0.2) is 0 Å². The van der Waals surface area contributed by atoms with Gasteiger partial charge in [-0.3, -0.25) is 0 Å². The van der Waals surface area contributed by atoms with Crippen LogP contribution >= 0.6 is 40.2 Å². The first-order valence-corrected chi connectivity index (χ1v) is 5.82. The summed E-state index contributed by atoms with van der Waals surface area (Å²) >= 11 is 12.8. The van der Waals surface area contributed by atoms with Crippen molar-refractivity contribution in [2.75, 3.05) is 0 Å². The first-order valence-electron chi connectivity index (χ1n) is 2.97. The van der Waals surface area contributed by atoms with E-state index >= 15 is 0 Å². The van der Waals surface area contributed by atoms with Crippen molar-refractivity contribution in [2.24, 2.45) is 0 Å². The fourth-order valence-electron chi connectivity index (χ4n) is 0.695. The van der Waals surface area contributed by atoms with Crippen LogP contribution < -0.4 is 0 Å². The van der Waals surface area contributed by atoms with Crippen LogP contribution in [0.3, 0.4) is 0 Å². The van der Waals surface area contributed by atoms with Gasteiger partial charge in [0.2, 0.25) is 0 Å². The van der Waals surface area contributed by atoms with E-state index in [1.54, 1.807) is 0 Å². The van der Waals surface area contributed by atoms with E-state index in [1.165, 1.54) is 23.9 Å². The fourth-order valence-corrected chi connectivity index (χ4v) is 1.67. The van der Waals surface area contributed by atoms with Gasteiger partial charge in [0.15, 0.2) is 0 Å². The van der Waals surface area contributed by atoms with Crippen molar-refractivity contribution in [3.8, 4) is 0 Å².